The van der Waals surface area contributed by atoms with Gasteiger partial charge in [0.1, 0.15) is 6.10 Å². The molecule has 1 aliphatic heterocycles. The highest BCUT2D eigenvalue weighted by Crippen LogP contribution is 2.26. The van der Waals surface area contributed by atoms with Crippen molar-refractivity contribution in [1.82, 2.24) is 0 Å². The van der Waals surface area contributed by atoms with Crippen molar-refractivity contribution in [2.75, 3.05) is 0 Å². The highest BCUT2D eigenvalue weighted by molar-refractivity contribution is 4.86. The summed E-state index contributed by atoms with van der Waals surface area (Å²) in [6.45, 7) is 4.18. The van der Waals surface area contributed by atoms with Crippen molar-refractivity contribution >= 4 is 0 Å². The van der Waals surface area contributed by atoms with Crippen molar-refractivity contribution in [3.8, 4) is 0 Å². The van der Waals surface area contributed by atoms with Crippen molar-refractivity contribution in [3.63, 3.8) is 0 Å². The first-order valence-corrected chi connectivity index (χ1v) is 4.59. The lowest BCUT2D eigenvalue weighted by molar-refractivity contribution is 0.123. The van der Waals surface area contributed by atoms with E-state index in [1.807, 2.05) is 6.92 Å². The third kappa shape index (κ3) is 2.80. The summed E-state index contributed by atoms with van der Waals surface area (Å²) in [6, 6.07) is 0. The Morgan fingerprint density at radius 1 is 1.45 bits per heavy atom. The normalized spacial score (nSPS) is 31.9. The number of aliphatic hydroxyl groups excluding tert-OH is 1. The van der Waals surface area contributed by atoms with Gasteiger partial charge < -0.3 is 9.84 Å². The molecule has 0 saturated carbocycles. The summed E-state index contributed by atoms with van der Waals surface area (Å²) >= 11 is 0. The lowest BCUT2D eigenvalue weighted by atomic mass is 10.1. The van der Waals surface area contributed by atoms with E-state index in [2.05, 4.69) is 6.92 Å². The molecule has 0 amide bonds. The Morgan fingerprint density at radius 2 is 2.09 bits per heavy atom. The van der Waals surface area contributed by atoms with Crippen LogP contribution in [0.15, 0.2) is 0 Å². The van der Waals surface area contributed by atoms with Crippen LogP contribution in [-0.2, 0) is 4.74 Å². The van der Waals surface area contributed by atoms with E-state index < -0.39 is 0 Å². The topological polar surface area (TPSA) is 32.8 Å². The molecular formula is C9H18O2. The summed E-state index contributed by atoms with van der Waals surface area (Å²) in [4.78, 5) is 0. The monoisotopic (exact) mass is 158 g/mol. The number of ether oxygens (including phenoxy) is 1. The lowest BCUT2D eigenvalue weighted by Gasteiger charge is -2.05. The number of unbranched alkanes of at least 4 members (excludes halogenated alkanes) is 2. The van der Waals surface area contributed by atoms with Gasteiger partial charge in [-0.25, -0.2) is 0 Å². The molecule has 0 radical (unpaired) electrons. The van der Waals surface area contributed by atoms with Gasteiger partial charge in [0.15, 0.2) is 0 Å². The van der Waals surface area contributed by atoms with Crippen LogP contribution in [0.4, 0.5) is 0 Å². The molecule has 1 aliphatic rings. The van der Waals surface area contributed by atoms with E-state index in [-0.39, 0.29) is 12.2 Å². The summed E-state index contributed by atoms with van der Waals surface area (Å²) in [5.41, 5.74) is 0. The second kappa shape index (κ2) is 4.07. The van der Waals surface area contributed by atoms with Crippen LogP contribution in [0.25, 0.3) is 0 Å². The fourth-order valence-electron chi connectivity index (χ4n) is 1.37. The standard InChI is InChI=1S/C9H18O2/c1-3-4-5-6-8(10)9-7(2)11-9/h7-10H,3-6H2,1-2H3/t7-,8-,9+/m0/s1. The number of hydrogen-bond acceptors (Lipinski definition) is 2. The van der Waals surface area contributed by atoms with Crippen molar-refractivity contribution in [1.29, 1.82) is 0 Å². The molecule has 0 aromatic rings. The molecule has 0 aromatic heterocycles. The predicted molar refractivity (Wildman–Crippen MR) is 44.5 cm³/mol. The van der Waals surface area contributed by atoms with Gasteiger partial charge in [0.05, 0.1) is 12.2 Å². The molecule has 1 N–H and O–H groups in total. The van der Waals surface area contributed by atoms with Gasteiger partial charge in [0.25, 0.3) is 0 Å². The predicted octanol–water partition coefficient (Wildman–Crippen LogP) is 1.71. The van der Waals surface area contributed by atoms with Gasteiger partial charge in [-0.05, 0) is 13.3 Å². The third-order valence-electron chi connectivity index (χ3n) is 2.24. The minimum absolute atomic E-state index is 0.145. The summed E-state index contributed by atoms with van der Waals surface area (Å²) < 4.78 is 5.16. The van der Waals surface area contributed by atoms with Crippen LogP contribution in [0.3, 0.4) is 0 Å². The maximum Gasteiger partial charge on any atom is 0.110 e. The molecule has 1 fully saturated rings. The van der Waals surface area contributed by atoms with Gasteiger partial charge in [0, 0.05) is 0 Å². The Labute approximate surface area is 68.6 Å². The SMILES string of the molecule is CCCCC[C@H](O)[C@@H]1O[C@H]1C. The van der Waals surface area contributed by atoms with Crippen molar-refractivity contribution in [3.05, 3.63) is 0 Å². The van der Waals surface area contributed by atoms with E-state index in [0.717, 1.165) is 12.8 Å². The molecule has 3 atom stereocenters. The van der Waals surface area contributed by atoms with E-state index in [1.54, 1.807) is 0 Å². The molecule has 1 rings (SSSR count). The van der Waals surface area contributed by atoms with Crippen molar-refractivity contribution in [2.24, 2.45) is 0 Å². The van der Waals surface area contributed by atoms with Crippen LogP contribution < -0.4 is 0 Å². The van der Waals surface area contributed by atoms with Crippen LogP contribution in [0.5, 0.6) is 0 Å². The van der Waals surface area contributed by atoms with Crippen molar-refractivity contribution in [2.45, 2.75) is 57.8 Å². The maximum absolute atomic E-state index is 9.46. The van der Waals surface area contributed by atoms with Gasteiger partial charge in [-0.1, -0.05) is 26.2 Å². The maximum atomic E-state index is 9.46. The minimum Gasteiger partial charge on any atom is -0.390 e. The van der Waals surface area contributed by atoms with Crippen molar-refractivity contribution < 1.29 is 9.84 Å². The van der Waals surface area contributed by atoms with Crippen LogP contribution in [-0.4, -0.2) is 23.4 Å². The quantitative estimate of drug-likeness (QED) is 0.488. The zero-order valence-electron chi connectivity index (χ0n) is 7.42. The smallest absolute Gasteiger partial charge is 0.110 e. The molecule has 2 heteroatoms. The molecule has 0 aliphatic carbocycles. The average molecular weight is 158 g/mol. The molecule has 66 valence electrons. The van der Waals surface area contributed by atoms with Gasteiger partial charge in [-0.15, -0.1) is 0 Å². The van der Waals surface area contributed by atoms with Gasteiger partial charge >= 0.3 is 0 Å². The minimum atomic E-state index is -0.212. The second-order valence-corrected chi connectivity index (χ2v) is 3.37. The fourth-order valence-corrected chi connectivity index (χ4v) is 1.37. The molecule has 1 heterocycles. The van der Waals surface area contributed by atoms with Gasteiger partial charge in [-0.3, -0.25) is 0 Å². The molecule has 0 aromatic carbocycles. The average Bonchev–Trinajstić information content (AvgIpc) is 2.67. The Hall–Kier alpha value is -0.0800. The fraction of sp³-hybridized carbons (Fsp3) is 1.00. The Kier molecular flexibility index (Phi) is 3.34. The Balaban J connectivity index is 1.98. The third-order valence-corrected chi connectivity index (χ3v) is 2.24. The Morgan fingerprint density at radius 3 is 2.55 bits per heavy atom. The first-order valence-electron chi connectivity index (χ1n) is 4.59. The van der Waals surface area contributed by atoms with Crippen LogP contribution in [0.2, 0.25) is 0 Å². The molecule has 2 nitrogen and oxygen atoms in total. The molecule has 11 heavy (non-hydrogen) atoms. The molecular weight excluding hydrogens is 140 g/mol. The summed E-state index contributed by atoms with van der Waals surface area (Å²) in [5.74, 6) is 0. The Bertz CT molecular complexity index is 114. The molecule has 0 unspecified atom stereocenters. The lowest BCUT2D eigenvalue weighted by Crippen LogP contribution is -2.15. The van der Waals surface area contributed by atoms with E-state index in [4.69, 9.17) is 4.74 Å². The summed E-state index contributed by atoms with van der Waals surface area (Å²) in [7, 11) is 0. The first kappa shape index (κ1) is 9.01. The van der Waals surface area contributed by atoms with E-state index >= 15 is 0 Å². The zero-order valence-corrected chi connectivity index (χ0v) is 7.42. The van der Waals surface area contributed by atoms with Gasteiger partial charge in [-0.2, -0.15) is 0 Å². The molecule has 1 saturated heterocycles. The van der Waals surface area contributed by atoms with E-state index in [0.29, 0.717) is 6.10 Å². The first-order chi connectivity index (χ1) is 5.25. The van der Waals surface area contributed by atoms with Crippen LogP contribution in [0, 0.1) is 0 Å². The number of epoxide rings is 1. The zero-order chi connectivity index (χ0) is 8.27. The number of rotatable bonds is 5. The summed E-state index contributed by atoms with van der Waals surface area (Å²) in [6.07, 6.45) is 4.70. The highest BCUT2D eigenvalue weighted by Gasteiger charge is 2.39. The van der Waals surface area contributed by atoms with Gasteiger partial charge in [0.2, 0.25) is 0 Å². The van der Waals surface area contributed by atoms with E-state index in [1.165, 1.54) is 12.8 Å². The van der Waals surface area contributed by atoms with E-state index in [9.17, 15) is 5.11 Å². The number of aliphatic hydroxyl groups is 1. The largest absolute Gasteiger partial charge is 0.390 e. The highest BCUT2D eigenvalue weighted by atomic mass is 16.6. The summed E-state index contributed by atoms with van der Waals surface area (Å²) in [5, 5.41) is 9.46. The molecule has 0 spiro atoms. The van der Waals surface area contributed by atoms with Crippen LogP contribution >= 0.6 is 0 Å². The number of hydrogen-bond donors (Lipinski definition) is 1. The second-order valence-electron chi connectivity index (χ2n) is 3.37. The van der Waals surface area contributed by atoms with Crippen LogP contribution in [0.1, 0.15) is 39.5 Å². The molecule has 0 bridgehead atoms.